The van der Waals surface area contributed by atoms with E-state index in [0.29, 0.717) is 16.9 Å². The van der Waals surface area contributed by atoms with E-state index in [-0.39, 0.29) is 12.4 Å². The highest BCUT2D eigenvalue weighted by Crippen LogP contribution is 2.48. The van der Waals surface area contributed by atoms with Gasteiger partial charge < -0.3 is 16.8 Å². The van der Waals surface area contributed by atoms with Crippen LogP contribution in [0.1, 0.15) is 45.9 Å². The molecular weight excluding hydrogens is 346 g/mol. The van der Waals surface area contributed by atoms with E-state index < -0.39 is 0 Å². The van der Waals surface area contributed by atoms with Crippen molar-refractivity contribution in [3.05, 3.63) is 30.1 Å². The minimum atomic E-state index is 0. The fourth-order valence-electron chi connectivity index (χ4n) is 5.82. The Balaban J connectivity index is 0.00000168. The van der Waals surface area contributed by atoms with Gasteiger partial charge in [0.25, 0.3) is 5.82 Å². The van der Waals surface area contributed by atoms with Crippen molar-refractivity contribution in [1.82, 2.24) is 9.97 Å². The molecule has 5 rings (SSSR count). The fourth-order valence-corrected chi connectivity index (χ4v) is 5.82. The number of nitrogens with zero attached hydrogens (tertiary/aromatic N) is 2. The Labute approximate surface area is 160 Å². The summed E-state index contributed by atoms with van der Waals surface area (Å²) in [6, 6.07) is 8.81. The molecule has 1 saturated heterocycles. The summed E-state index contributed by atoms with van der Waals surface area (Å²) in [5.41, 5.74) is 3.58. The van der Waals surface area contributed by atoms with E-state index in [1.807, 2.05) is 25.1 Å². The first-order valence-electron chi connectivity index (χ1n) is 9.36. The molecule has 26 heavy (non-hydrogen) atoms. The van der Waals surface area contributed by atoms with Crippen LogP contribution in [-0.4, -0.2) is 22.6 Å². The highest BCUT2D eigenvalue weighted by atomic mass is 35.5. The summed E-state index contributed by atoms with van der Waals surface area (Å²) >= 11 is 0. The topological polar surface area (TPSA) is 43.4 Å². The van der Waals surface area contributed by atoms with Gasteiger partial charge in [-0.3, -0.25) is 4.90 Å². The van der Waals surface area contributed by atoms with Gasteiger partial charge in [0.15, 0.2) is 0 Å². The second-order valence-corrected chi connectivity index (χ2v) is 9.35. The van der Waals surface area contributed by atoms with Gasteiger partial charge in [0.2, 0.25) is 5.58 Å². The number of hydrogen-bond acceptors (Lipinski definition) is 3. The van der Waals surface area contributed by atoms with Crippen LogP contribution in [0.2, 0.25) is 0 Å². The van der Waals surface area contributed by atoms with E-state index in [0.717, 1.165) is 40.3 Å². The number of quaternary nitrogens is 1. The van der Waals surface area contributed by atoms with Crippen LogP contribution in [0.3, 0.4) is 0 Å². The molecule has 1 N–H and O–H groups in total. The van der Waals surface area contributed by atoms with E-state index in [2.05, 4.69) is 26.8 Å². The number of fused-ring (bicyclic) bond motifs is 5. The maximum atomic E-state index is 6.24. The molecule has 2 aromatic heterocycles. The molecule has 5 heteroatoms. The lowest BCUT2D eigenvalue weighted by atomic mass is 9.65. The van der Waals surface area contributed by atoms with E-state index in [1.165, 1.54) is 24.2 Å². The first-order valence-corrected chi connectivity index (χ1v) is 9.36. The highest BCUT2D eigenvalue weighted by molar-refractivity contribution is 6.04. The molecule has 138 valence electrons. The SMILES string of the molecule is Cc1nc([NH+]2CC3(C)CC2CC(C)(C)C3)c2oc3ccccc3c2n1.[Cl-]. The van der Waals surface area contributed by atoms with Gasteiger partial charge in [0.05, 0.1) is 12.6 Å². The quantitative estimate of drug-likeness (QED) is 0.688. The molecule has 0 spiro atoms. The zero-order valence-electron chi connectivity index (χ0n) is 15.9. The van der Waals surface area contributed by atoms with Crippen LogP contribution in [0.15, 0.2) is 28.7 Å². The summed E-state index contributed by atoms with van der Waals surface area (Å²) in [5.74, 6) is 1.91. The molecule has 0 radical (unpaired) electrons. The van der Waals surface area contributed by atoms with Crippen LogP contribution in [0.4, 0.5) is 5.82 Å². The summed E-state index contributed by atoms with van der Waals surface area (Å²) in [6.45, 7) is 10.4. The van der Waals surface area contributed by atoms with Gasteiger partial charge in [-0.25, -0.2) is 4.98 Å². The minimum absolute atomic E-state index is 0. The third kappa shape index (κ3) is 2.62. The number of halogens is 1. The van der Waals surface area contributed by atoms with Gasteiger partial charge in [0, 0.05) is 23.6 Å². The van der Waals surface area contributed by atoms with Gasteiger partial charge in [-0.2, -0.15) is 4.98 Å². The van der Waals surface area contributed by atoms with Crippen molar-refractivity contribution < 1.29 is 21.7 Å². The molecule has 3 aromatic rings. The normalized spacial score (nSPS) is 29.8. The molecular formula is C21H26ClN3O. The second kappa shape index (κ2) is 5.67. The van der Waals surface area contributed by atoms with Gasteiger partial charge in [-0.1, -0.05) is 32.9 Å². The molecule has 1 aliphatic carbocycles. The summed E-state index contributed by atoms with van der Waals surface area (Å²) in [4.78, 5) is 11.1. The van der Waals surface area contributed by atoms with Gasteiger partial charge in [-0.05, 0) is 30.9 Å². The number of rotatable bonds is 1. The van der Waals surface area contributed by atoms with Crippen molar-refractivity contribution in [2.24, 2.45) is 10.8 Å². The number of furan rings is 1. The van der Waals surface area contributed by atoms with Gasteiger partial charge >= 0.3 is 0 Å². The number of nitrogens with one attached hydrogen (secondary N) is 1. The van der Waals surface area contributed by atoms with E-state index in [9.17, 15) is 0 Å². The zero-order chi connectivity index (χ0) is 17.4. The Morgan fingerprint density at radius 1 is 1.12 bits per heavy atom. The molecule has 0 amide bonds. The van der Waals surface area contributed by atoms with Crippen molar-refractivity contribution in [3.63, 3.8) is 0 Å². The Bertz CT molecular complexity index is 995. The lowest BCUT2D eigenvalue weighted by Gasteiger charge is -2.37. The molecule has 3 atom stereocenters. The summed E-state index contributed by atoms with van der Waals surface area (Å²) < 4.78 is 6.24. The Hall–Kier alpha value is -1.65. The van der Waals surface area contributed by atoms with Crippen LogP contribution in [0, 0.1) is 17.8 Å². The van der Waals surface area contributed by atoms with Crippen LogP contribution in [-0.2, 0) is 0 Å². The Morgan fingerprint density at radius 2 is 1.88 bits per heavy atom. The highest BCUT2D eigenvalue weighted by Gasteiger charge is 2.54. The molecule has 3 heterocycles. The fraction of sp³-hybridized carbons (Fsp3) is 0.524. The molecule has 2 fully saturated rings. The maximum Gasteiger partial charge on any atom is 0.273 e. The standard InChI is InChI=1S/C21H25N3O.ClH/c1-13-22-17-15-7-5-6-8-16(15)25-18(17)19(23-13)24-12-21(4)10-14(24)9-20(2,3)11-21;/h5-8,14H,9-12H2,1-4H3;1H. The molecule has 1 aromatic carbocycles. The van der Waals surface area contributed by atoms with Crippen LogP contribution < -0.4 is 17.3 Å². The van der Waals surface area contributed by atoms with Crippen molar-refractivity contribution in [1.29, 1.82) is 0 Å². The summed E-state index contributed by atoms with van der Waals surface area (Å²) in [5, 5.41) is 1.09. The minimum Gasteiger partial charge on any atom is -1.00 e. The molecule has 2 bridgehead atoms. The number of hydrogen-bond donors (Lipinski definition) is 1. The monoisotopic (exact) mass is 371 g/mol. The Kier molecular flexibility index (Phi) is 3.87. The van der Waals surface area contributed by atoms with E-state index >= 15 is 0 Å². The van der Waals surface area contributed by atoms with E-state index in [1.54, 1.807) is 0 Å². The van der Waals surface area contributed by atoms with Crippen LogP contribution in [0.5, 0.6) is 0 Å². The predicted molar refractivity (Wildman–Crippen MR) is 99.1 cm³/mol. The molecule has 4 nitrogen and oxygen atoms in total. The maximum absolute atomic E-state index is 6.24. The van der Waals surface area contributed by atoms with Crippen molar-refractivity contribution in [2.45, 2.75) is 53.0 Å². The summed E-state index contributed by atoms with van der Waals surface area (Å²) in [6.07, 6.45) is 3.84. The number of para-hydroxylation sites is 1. The van der Waals surface area contributed by atoms with Gasteiger partial charge in [-0.15, -0.1) is 0 Å². The first-order chi connectivity index (χ1) is 11.8. The largest absolute Gasteiger partial charge is 1.00 e. The lowest BCUT2D eigenvalue weighted by molar-refractivity contribution is -0.850. The zero-order valence-corrected chi connectivity index (χ0v) is 16.7. The number of aryl methyl sites for hydroxylation is 1. The van der Waals surface area contributed by atoms with Crippen molar-refractivity contribution >= 4 is 27.9 Å². The van der Waals surface area contributed by atoms with Crippen LogP contribution in [0.25, 0.3) is 22.1 Å². The van der Waals surface area contributed by atoms with Crippen molar-refractivity contribution in [2.75, 3.05) is 6.54 Å². The second-order valence-electron chi connectivity index (χ2n) is 9.35. The molecule has 3 unspecified atom stereocenters. The third-order valence-corrected chi connectivity index (χ3v) is 6.19. The number of aromatic nitrogens is 2. The molecule has 1 saturated carbocycles. The molecule has 2 aliphatic rings. The first kappa shape index (κ1) is 17.7. The van der Waals surface area contributed by atoms with Crippen LogP contribution >= 0.6 is 0 Å². The van der Waals surface area contributed by atoms with E-state index in [4.69, 9.17) is 14.4 Å². The smallest absolute Gasteiger partial charge is 0.273 e. The predicted octanol–water partition coefficient (Wildman–Crippen LogP) is 0.803. The molecule has 1 aliphatic heterocycles. The van der Waals surface area contributed by atoms with Gasteiger partial charge in [0.1, 0.15) is 16.9 Å². The lowest BCUT2D eigenvalue weighted by Crippen LogP contribution is -3.09. The third-order valence-electron chi connectivity index (χ3n) is 6.19. The average molecular weight is 372 g/mol. The Morgan fingerprint density at radius 3 is 2.69 bits per heavy atom. The van der Waals surface area contributed by atoms with Crippen molar-refractivity contribution in [3.8, 4) is 0 Å². The number of benzene rings is 1. The average Bonchev–Trinajstić information content (AvgIpc) is 3.00. The summed E-state index contributed by atoms with van der Waals surface area (Å²) in [7, 11) is 0.